The Kier molecular flexibility index (Phi) is 8.88. The largest absolute Gasteiger partial charge is 0.369 e. The molecule has 1 N–H and O–H groups in total. The fraction of sp³-hybridized carbons (Fsp3) is 0.480. The standard InChI is InChI=1S/C25H36N4O3S/c1-4-29(5-2)33(31,32)23-13-12-21(3)24(20-23)25(30)26-14-9-15-27-16-18-28(19-17-27)22-10-7-6-8-11-22/h6-8,10-13,20H,4-5,9,14-19H2,1-3H3,(H,26,30). The number of piperazine rings is 1. The van der Waals surface area contributed by atoms with Crippen LogP contribution in [0.3, 0.4) is 0 Å². The highest BCUT2D eigenvalue weighted by molar-refractivity contribution is 7.89. The smallest absolute Gasteiger partial charge is 0.251 e. The molecule has 1 aliphatic rings. The highest BCUT2D eigenvalue weighted by Gasteiger charge is 2.23. The zero-order valence-corrected chi connectivity index (χ0v) is 20.8. The predicted molar refractivity (Wildman–Crippen MR) is 133 cm³/mol. The SMILES string of the molecule is CCN(CC)S(=O)(=O)c1ccc(C)c(C(=O)NCCCN2CCN(c3ccccc3)CC2)c1. The van der Waals surface area contributed by atoms with Crippen LogP contribution in [-0.2, 0) is 10.0 Å². The van der Waals surface area contributed by atoms with Crippen molar-refractivity contribution in [2.45, 2.75) is 32.1 Å². The quantitative estimate of drug-likeness (QED) is 0.538. The molecule has 0 radical (unpaired) electrons. The Balaban J connectivity index is 1.48. The van der Waals surface area contributed by atoms with Gasteiger partial charge in [0.25, 0.3) is 5.91 Å². The van der Waals surface area contributed by atoms with E-state index in [1.807, 2.05) is 26.8 Å². The average molecular weight is 473 g/mol. The second kappa shape index (κ2) is 11.6. The van der Waals surface area contributed by atoms with Gasteiger partial charge in [-0.05, 0) is 49.7 Å². The third kappa shape index (κ3) is 6.34. The number of aryl methyl sites for hydroxylation is 1. The number of hydrogen-bond acceptors (Lipinski definition) is 5. The van der Waals surface area contributed by atoms with E-state index in [0.29, 0.717) is 25.2 Å². The normalized spacial score (nSPS) is 15.1. The zero-order chi connectivity index (χ0) is 23.8. The van der Waals surface area contributed by atoms with E-state index in [0.717, 1.165) is 44.7 Å². The van der Waals surface area contributed by atoms with Gasteiger partial charge >= 0.3 is 0 Å². The average Bonchev–Trinajstić information content (AvgIpc) is 2.83. The number of nitrogens with zero attached hydrogens (tertiary/aromatic N) is 3. The van der Waals surface area contributed by atoms with Crippen molar-refractivity contribution in [2.75, 3.05) is 57.3 Å². The molecule has 1 amide bonds. The molecular weight excluding hydrogens is 436 g/mol. The molecule has 2 aromatic carbocycles. The van der Waals surface area contributed by atoms with E-state index in [1.165, 1.54) is 16.1 Å². The summed E-state index contributed by atoms with van der Waals surface area (Å²) in [4.78, 5) is 17.8. The highest BCUT2D eigenvalue weighted by Crippen LogP contribution is 2.20. The molecule has 3 rings (SSSR count). The highest BCUT2D eigenvalue weighted by atomic mass is 32.2. The predicted octanol–water partition coefficient (Wildman–Crippen LogP) is 2.97. The number of hydrogen-bond donors (Lipinski definition) is 1. The maximum Gasteiger partial charge on any atom is 0.251 e. The van der Waals surface area contributed by atoms with Crippen molar-refractivity contribution in [3.8, 4) is 0 Å². The molecule has 180 valence electrons. The Hall–Kier alpha value is -2.42. The maximum atomic E-state index is 12.8. The minimum absolute atomic E-state index is 0.165. The molecule has 0 unspecified atom stereocenters. The number of rotatable bonds is 10. The van der Waals surface area contributed by atoms with Gasteiger partial charge in [0.1, 0.15) is 0 Å². The Morgan fingerprint density at radius 3 is 2.30 bits per heavy atom. The first-order valence-electron chi connectivity index (χ1n) is 11.8. The Morgan fingerprint density at radius 1 is 1.00 bits per heavy atom. The number of carbonyl (C=O) groups excluding carboxylic acids is 1. The van der Waals surface area contributed by atoms with Crippen LogP contribution in [0.2, 0.25) is 0 Å². The third-order valence-electron chi connectivity index (χ3n) is 6.23. The van der Waals surface area contributed by atoms with Crippen molar-refractivity contribution >= 4 is 21.6 Å². The van der Waals surface area contributed by atoms with E-state index in [9.17, 15) is 13.2 Å². The molecule has 1 saturated heterocycles. The number of anilines is 1. The van der Waals surface area contributed by atoms with Crippen LogP contribution in [0.5, 0.6) is 0 Å². The summed E-state index contributed by atoms with van der Waals surface area (Å²) in [6.45, 7) is 11.8. The first-order valence-corrected chi connectivity index (χ1v) is 13.2. The lowest BCUT2D eigenvalue weighted by Gasteiger charge is -2.36. The molecule has 0 saturated carbocycles. The van der Waals surface area contributed by atoms with Gasteiger partial charge in [-0.1, -0.05) is 38.1 Å². The van der Waals surface area contributed by atoms with Gasteiger partial charge in [0.2, 0.25) is 10.0 Å². The minimum atomic E-state index is -3.60. The fourth-order valence-electron chi connectivity index (χ4n) is 4.19. The summed E-state index contributed by atoms with van der Waals surface area (Å²) in [5, 5.41) is 2.97. The monoisotopic (exact) mass is 472 g/mol. The van der Waals surface area contributed by atoms with Crippen LogP contribution in [-0.4, -0.2) is 75.9 Å². The summed E-state index contributed by atoms with van der Waals surface area (Å²) in [6, 6.07) is 15.3. The molecule has 0 aromatic heterocycles. The minimum Gasteiger partial charge on any atom is -0.369 e. The summed E-state index contributed by atoms with van der Waals surface area (Å²) < 4.78 is 27.0. The summed E-state index contributed by atoms with van der Waals surface area (Å²) in [5.41, 5.74) is 2.45. The van der Waals surface area contributed by atoms with Crippen molar-refractivity contribution in [3.05, 3.63) is 59.7 Å². The number of benzene rings is 2. The molecule has 1 heterocycles. The first-order chi connectivity index (χ1) is 15.9. The van der Waals surface area contributed by atoms with Crippen molar-refractivity contribution in [1.82, 2.24) is 14.5 Å². The van der Waals surface area contributed by atoms with Crippen LogP contribution in [0.15, 0.2) is 53.4 Å². The van der Waals surface area contributed by atoms with Crippen LogP contribution < -0.4 is 10.2 Å². The maximum absolute atomic E-state index is 12.8. The summed E-state index contributed by atoms with van der Waals surface area (Å²) in [6.07, 6.45) is 0.855. The molecule has 2 aromatic rings. The topological polar surface area (TPSA) is 73.0 Å². The molecule has 0 spiro atoms. The fourth-order valence-corrected chi connectivity index (χ4v) is 5.67. The van der Waals surface area contributed by atoms with Gasteiger partial charge in [-0.3, -0.25) is 9.69 Å². The van der Waals surface area contributed by atoms with Gasteiger partial charge < -0.3 is 10.2 Å². The Bertz CT molecular complexity index is 1020. The number of amides is 1. The van der Waals surface area contributed by atoms with E-state index in [4.69, 9.17) is 0 Å². The second-order valence-corrected chi connectivity index (χ2v) is 10.3. The van der Waals surface area contributed by atoms with E-state index < -0.39 is 10.0 Å². The molecule has 0 aliphatic carbocycles. The molecule has 1 aliphatic heterocycles. The van der Waals surface area contributed by atoms with Crippen molar-refractivity contribution < 1.29 is 13.2 Å². The van der Waals surface area contributed by atoms with Gasteiger partial charge in [0.15, 0.2) is 0 Å². The van der Waals surface area contributed by atoms with E-state index in [-0.39, 0.29) is 10.8 Å². The second-order valence-electron chi connectivity index (χ2n) is 8.34. The lowest BCUT2D eigenvalue weighted by molar-refractivity contribution is 0.0950. The molecular formula is C25H36N4O3S. The number of carbonyl (C=O) groups is 1. The first kappa shape index (κ1) is 25.2. The number of nitrogens with one attached hydrogen (secondary N) is 1. The molecule has 8 heteroatoms. The third-order valence-corrected chi connectivity index (χ3v) is 8.27. The zero-order valence-electron chi connectivity index (χ0n) is 20.0. The summed E-state index contributed by atoms with van der Waals surface area (Å²) in [7, 11) is -3.60. The molecule has 0 atom stereocenters. The lowest BCUT2D eigenvalue weighted by Crippen LogP contribution is -2.47. The van der Waals surface area contributed by atoms with Gasteiger partial charge in [-0.2, -0.15) is 4.31 Å². The molecule has 33 heavy (non-hydrogen) atoms. The van der Waals surface area contributed by atoms with E-state index in [1.54, 1.807) is 12.1 Å². The summed E-state index contributed by atoms with van der Waals surface area (Å²) >= 11 is 0. The summed E-state index contributed by atoms with van der Waals surface area (Å²) in [5.74, 6) is -0.224. The molecule has 0 bridgehead atoms. The van der Waals surface area contributed by atoms with E-state index >= 15 is 0 Å². The number of sulfonamides is 1. The Labute approximate surface area is 198 Å². The van der Waals surface area contributed by atoms with Crippen LogP contribution in [0.4, 0.5) is 5.69 Å². The van der Waals surface area contributed by atoms with Crippen molar-refractivity contribution in [1.29, 1.82) is 0 Å². The molecule has 1 fully saturated rings. The van der Waals surface area contributed by atoms with Gasteiger partial charge in [0, 0.05) is 57.1 Å². The van der Waals surface area contributed by atoms with Crippen LogP contribution in [0.1, 0.15) is 36.2 Å². The number of para-hydroxylation sites is 1. The van der Waals surface area contributed by atoms with Crippen LogP contribution >= 0.6 is 0 Å². The van der Waals surface area contributed by atoms with Crippen molar-refractivity contribution in [2.24, 2.45) is 0 Å². The van der Waals surface area contributed by atoms with Gasteiger partial charge in [-0.15, -0.1) is 0 Å². The van der Waals surface area contributed by atoms with Gasteiger partial charge in [-0.25, -0.2) is 8.42 Å². The molecule has 7 nitrogen and oxygen atoms in total. The van der Waals surface area contributed by atoms with Crippen molar-refractivity contribution in [3.63, 3.8) is 0 Å². The van der Waals surface area contributed by atoms with E-state index in [2.05, 4.69) is 39.4 Å². The van der Waals surface area contributed by atoms with Gasteiger partial charge in [0.05, 0.1) is 4.90 Å². The van der Waals surface area contributed by atoms with Crippen LogP contribution in [0.25, 0.3) is 0 Å². The van der Waals surface area contributed by atoms with Crippen LogP contribution in [0, 0.1) is 6.92 Å². The Morgan fingerprint density at radius 2 is 1.67 bits per heavy atom. The lowest BCUT2D eigenvalue weighted by atomic mass is 10.1.